The maximum atomic E-state index is 12.5. The first-order valence-electron chi connectivity index (χ1n) is 7.53. The molecule has 6 nitrogen and oxygen atoms in total. The Morgan fingerprint density at radius 3 is 2.75 bits per heavy atom. The number of alkyl halides is 3. The highest BCUT2D eigenvalue weighted by atomic mass is 35.5. The number of hydrogen-bond donors (Lipinski definition) is 3. The average molecular weight is 368 g/mol. The van der Waals surface area contributed by atoms with Crippen molar-refractivity contribution < 1.29 is 18.0 Å². The van der Waals surface area contributed by atoms with Crippen molar-refractivity contribution in [1.29, 1.82) is 0 Å². The molecule has 1 amide bonds. The van der Waals surface area contributed by atoms with Gasteiger partial charge in [0.2, 0.25) is 11.9 Å². The molecule has 1 saturated carbocycles. The Hall–Kier alpha value is -1.61. The van der Waals surface area contributed by atoms with E-state index in [1.807, 2.05) is 0 Å². The average Bonchev–Trinajstić information content (AvgIpc) is 2.99. The van der Waals surface area contributed by atoms with E-state index in [0.717, 1.165) is 31.5 Å². The van der Waals surface area contributed by atoms with Crippen molar-refractivity contribution in [1.82, 2.24) is 15.3 Å². The molecule has 1 aromatic heterocycles. The number of aromatic nitrogens is 2. The Labute approximate surface area is 144 Å². The number of hydrogen-bond acceptors (Lipinski definition) is 5. The molecule has 2 atom stereocenters. The SMILES string of the molecule is Cl.NC[C@H]1CCC[C@H]1C(=O)NCCNc1nccc(C(F)(F)F)n1. The quantitative estimate of drug-likeness (QED) is 0.667. The molecule has 0 aliphatic heterocycles. The van der Waals surface area contributed by atoms with Crippen LogP contribution in [0.3, 0.4) is 0 Å². The van der Waals surface area contributed by atoms with Gasteiger partial charge in [-0.3, -0.25) is 4.79 Å². The summed E-state index contributed by atoms with van der Waals surface area (Å²) in [5.74, 6) is -0.0148. The summed E-state index contributed by atoms with van der Waals surface area (Å²) >= 11 is 0. The highest BCUT2D eigenvalue weighted by Crippen LogP contribution is 2.31. The first kappa shape index (κ1) is 20.4. The Bertz CT molecular complexity index is 543. The largest absolute Gasteiger partial charge is 0.433 e. The molecule has 10 heteroatoms. The van der Waals surface area contributed by atoms with Crippen LogP contribution in [-0.4, -0.2) is 35.5 Å². The first-order chi connectivity index (χ1) is 10.9. The zero-order chi connectivity index (χ0) is 16.9. The number of carbonyl (C=O) groups is 1. The maximum absolute atomic E-state index is 12.5. The van der Waals surface area contributed by atoms with Gasteiger partial charge >= 0.3 is 6.18 Å². The summed E-state index contributed by atoms with van der Waals surface area (Å²) in [6.07, 6.45) is -0.673. The minimum Gasteiger partial charge on any atom is -0.354 e. The molecule has 2 rings (SSSR count). The van der Waals surface area contributed by atoms with Crippen molar-refractivity contribution >= 4 is 24.3 Å². The molecule has 0 radical (unpaired) electrons. The standard InChI is InChI=1S/C14H20F3N5O.ClH/c15-14(16,17)11-4-5-20-13(22-11)21-7-6-19-12(23)10-3-1-2-9(10)8-18;/h4-5,9-10H,1-3,6-8,18H2,(H,19,23)(H,20,21,22);1H/t9-,10-;/m1./s1. The number of nitrogens with zero attached hydrogens (tertiary/aromatic N) is 2. The minimum atomic E-state index is -4.51. The molecular formula is C14H21ClF3N5O. The topological polar surface area (TPSA) is 92.9 Å². The predicted octanol–water partition coefficient (Wildman–Crippen LogP) is 1.82. The molecular weight excluding hydrogens is 347 g/mol. The van der Waals surface area contributed by atoms with Crippen molar-refractivity contribution in [2.45, 2.75) is 25.4 Å². The van der Waals surface area contributed by atoms with Gasteiger partial charge in [0.25, 0.3) is 0 Å². The summed E-state index contributed by atoms with van der Waals surface area (Å²) in [5.41, 5.74) is 4.64. The van der Waals surface area contributed by atoms with E-state index in [-0.39, 0.29) is 49.2 Å². The third-order valence-corrected chi connectivity index (χ3v) is 3.95. The third kappa shape index (κ3) is 5.48. The molecule has 0 aromatic carbocycles. The van der Waals surface area contributed by atoms with Gasteiger partial charge in [-0.15, -0.1) is 12.4 Å². The predicted molar refractivity (Wildman–Crippen MR) is 85.7 cm³/mol. The minimum absolute atomic E-state index is 0. The van der Waals surface area contributed by atoms with E-state index in [2.05, 4.69) is 20.6 Å². The monoisotopic (exact) mass is 367 g/mol. The second-order valence-corrected chi connectivity index (χ2v) is 5.51. The lowest BCUT2D eigenvalue weighted by atomic mass is 9.95. The van der Waals surface area contributed by atoms with Crippen LogP contribution >= 0.6 is 12.4 Å². The maximum Gasteiger partial charge on any atom is 0.433 e. The van der Waals surface area contributed by atoms with Crippen LogP contribution in [0.15, 0.2) is 12.3 Å². The lowest BCUT2D eigenvalue weighted by molar-refractivity contribution is -0.141. The Morgan fingerprint density at radius 1 is 1.33 bits per heavy atom. The van der Waals surface area contributed by atoms with Crippen molar-refractivity contribution in [3.8, 4) is 0 Å². The second kappa shape index (κ2) is 9.03. The van der Waals surface area contributed by atoms with Gasteiger partial charge in [0.15, 0.2) is 0 Å². The summed E-state index contributed by atoms with van der Waals surface area (Å²) in [7, 11) is 0. The molecule has 0 unspecified atom stereocenters. The van der Waals surface area contributed by atoms with Crippen LogP contribution in [0.5, 0.6) is 0 Å². The highest BCUT2D eigenvalue weighted by Gasteiger charge is 2.33. The fraction of sp³-hybridized carbons (Fsp3) is 0.643. The van der Waals surface area contributed by atoms with Gasteiger partial charge in [0, 0.05) is 25.2 Å². The number of carbonyl (C=O) groups excluding carboxylic acids is 1. The number of rotatable bonds is 6. The molecule has 1 heterocycles. The molecule has 1 aliphatic rings. The van der Waals surface area contributed by atoms with Gasteiger partial charge in [-0.05, 0) is 31.4 Å². The summed E-state index contributed by atoms with van der Waals surface area (Å²) in [4.78, 5) is 19.1. The van der Waals surface area contributed by atoms with Crippen molar-refractivity contribution in [3.63, 3.8) is 0 Å². The van der Waals surface area contributed by atoms with Crippen LogP contribution in [0.1, 0.15) is 25.0 Å². The number of anilines is 1. The fourth-order valence-corrected chi connectivity index (χ4v) is 2.76. The number of nitrogens with two attached hydrogens (primary N) is 1. The summed E-state index contributed by atoms with van der Waals surface area (Å²) < 4.78 is 37.6. The van der Waals surface area contributed by atoms with E-state index in [4.69, 9.17) is 5.73 Å². The lowest BCUT2D eigenvalue weighted by Gasteiger charge is -2.17. The van der Waals surface area contributed by atoms with Gasteiger partial charge in [-0.2, -0.15) is 13.2 Å². The van der Waals surface area contributed by atoms with Crippen LogP contribution < -0.4 is 16.4 Å². The molecule has 1 aromatic rings. The van der Waals surface area contributed by atoms with Gasteiger partial charge < -0.3 is 16.4 Å². The van der Waals surface area contributed by atoms with Crippen molar-refractivity contribution in [2.24, 2.45) is 17.6 Å². The van der Waals surface area contributed by atoms with Crippen molar-refractivity contribution in [2.75, 3.05) is 25.0 Å². The molecule has 0 saturated heterocycles. The van der Waals surface area contributed by atoms with Crippen molar-refractivity contribution in [3.05, 3.63) is 18.0 Å². The Balaban J connectivity index is 0.00000288. The van der Waals surface area contributed by atoms with Gasteiger partial charge in [0.1, 0.15) is 5.69 Å². The number of halogens is 4. The first-order valence-corrected chi connectivity index (χ1v) is 7.53. The Morgan fingerprint density at radius 2 is 2.08 bits per heavy atom. The smallest absolute Gasteiger partial charge is 0.354 e. The third-order valence-electron chi connectivity index (χ3n) is 3.95. The molecule has 1 aliphatic carbocycles. The normalized spacial score (nSPS) is 20.3. The van der Waals surface area contributed by atoms with E-state index in [1.54, 1.807) is 0 Å². The van der Waals surface area contributed by atoms with Crippen LogP contribution in [0.4, 0.5) is 19.1 Å². The fourth-order valence-electron chi connectivity index (χ4n) is 2.76. The molecule has 0 bridgehead atoms. The summed E-state index contributed by atoms with van der Waals surface area (Å²) in [6, 6.07) is 0.806. The van der Waals surface area contributed by atoms with E-state index in [1.165, 1.54) is 0 Å². The summed E-state index contributed by atoms with van der Waals surface area (Å²) in [5, 5.41) is 5.44. The number of nitrogens with one attached hydrogen (secondary N) is 2. The second-order valence-electron chi connectivity index (χ2n) is 5.51. The summed E-state index contributed by atoms with van der Waals surface area (Å²) in [6.45, 7) is 1.02. The molecule has 24 heavy (non-hydrogen) atoms. The van der Waals surface area contributed by atoms with Gasteiger partial charge in [-0.1, -0.05) is 6.42 Å². The van der Waals surface area contributed by atoms with E-state index >= 15 is 0 Å². The highest BCUT2D eigenvalue weighted by molar-refractivity contribution is 5.85. The van der Waals surface area contributed by atoms with Crippen LogP contribution in [0.25, 0.3) is 0 Å². The molecule has 1 fully saturated rings. The lowest BCUT2D eigenvalue weighted by Crippen LogP contribution is -2.37. The van der Waals surface area contributed by atoms with Gasteiger partial charge in [-0.25, -0.2) is 9.97 Å². The number of amides is 1. The molecule has 136 valence electrons. The molecule has 0 spiro atoms. The zero-order valence-electron chi connectivity index (χ0n) is 13.0. The van der Waals surface area contributed by atoms with Gasteiger partial charge in [0.05, 0.1) is 0 Å². The van der Waals surface area contributed by atoms with E-state index < -0.39 is 11.9 Å². The van der Waals surface area contributed by atoms with Crippen LogP contribution in [0, 0.1) is 11.8 Å². The van der Waals surface area contributed by atoms with Crippen LogP contribution in [-0.2, 0) is 11.0 Å². The van der Waals surface area contributed by atoms with E-state index in [9.17, 15) is 18.0 Å². The molecule has 4 N–H and O–H groups in total. The zero-order valence-corrected chi connectivity index (χ0v) is 13.8. The van der Waals surface area contributed by atoms with Crippen LogP contribution in [0.2, 0.25) is 0 Å². The Kier molecular flexibility index (Phi) is 7.68. The van der Waals surface area contributed by atoms with E-state index in [0.29, 0.717) is 6.54 Å².